The molecule has 0 unspecified atom stereocenters. The topological polar surface area (TPSA) is 51.8 Å². The Balaban J connectivity index is 1.03. The molecule has 11 rings (SSSR count). The third-order valence-corrected chi connectivity index (χ3v) is 10.9. The van der Waals surface area contributed by atoms with Crippen LogP contribution in [-0.4, -0.2) is 15.0 Å². The number of hydrogen-bond donors (Lipinski definition) is 0. The maximum atomic E-state index is 6.64. The first kappa shape index (κ1) is 32.7. The highest BCUT2D eigenvalue weighted by Gasteiger charge is 2.19. The van der Waals surface area contributed by atoms with Gasteiger partial charge in [-0.2, -0.15) is 0 Å². The molecule has 0 bridgehead atoms. The van der Waals surface area contributed by atoms with Crippen molar-refractivity contribution in [3.8, 4) is 67.5 Å². The largest absolute Gasteiger partial charge is 0.456 e. The van der Waals surface area contributed by atoms with Gasteiger partial charge in [-0.25, -0.2) is 15.0 Å². The molecule has 57 heavy (non-hydrogen) atoms. The number of hydrogen-bond acceptors (Lipinski definition) is 4. The van der Waals surface area contributed by atoms with Crippen LogP contribution in [-0.2, 0) is 0 Å². The molecule has 266 valence electrons. The number of rotatable bonds is 6. The average Bonchev–Trinajstić information content (AvgIpc) is 3.67. The summed E-state index contributed by atoms with van der Waals surface area (Å²) in [6.45, 7) is 0. The fourth-order valence-corrected chi connectivity index (χ4v) is 8.13. The van der Waals surface area contributed by atoms with Gasteiger partial charge in [-0.1, -0.05) is 170 Å². The highest BCUT2D eigenvalue weighted by molar-refractivity contribution is 6.23. The van der Waals surface area contributed by atoms with E-state index in [9.17, 15) is 0 Å². The summed E-state index contributed by atoms with van der Waals surface area (Å²) in [4.78, 5) is 15.2. The van der Waals surface area contributed by atoms with Crippen molar-refractivity contribution in [2.24, 2.45) is 0 Å². The zero-order valence-corrected chi connectivity index (χ0v) is 30.8. The standard InChI is InChI=1S/C53H33N3O/c1-3-13-34(14-4-1)39-19-11-20-40(31-39)35-25-27-38(28-26-35)52-54-51(37-16-5-2-6-17-37)55-53(56-52)41-29-30-48-47(32-41)50-45-23-10-9-22-44(45)46(33-49(50)57-48)43-24-12-18-36-15-7-8-21-42(36)43/h1-33H. The van der Waals surface area contributed by atoms with Gasteiger partial charge in [0.15, 0.2) is 17.5 Å². The van der Waals surface area contributed by atoms with E-state index in [2.05, 4.69) is 158 Å². The third-order valence-electron chi connectivity index (χ3n) is 10.9. The summed E-state index contributed by atoms with van der Waals surface area (Å²) in [6, 6.07) is 69.9. The van der Waals surface area contributed by atoms with Crippen LogP contribution in [0.4, 0.5) is 0 Å². The Morgan fingerprint density at radius 3 is 1.53 bits per heavy atom. The molecule has 4 nitrogen and oxygen atoms in total. The van der Waals surface area contributed by atoms with E-state index in [-0.39, 0.29) is 0 Å². The number of fused-ring (bicyclic) bond motifs is 6. The van der Waals surface area contributed by atoms with Gasteiger partial charge >= 0.3 is 0 Å². The second-order valence-corrected chi connectivity index (χ2v) is 14.4. The normalized spacial score (nSPS) is 11.5. The van der Waals surface area contributed by atoms with Crippen molar-refractivity contribution in [1.29, 1.82) is 0 Å². The van der Waals surface area contributed by atoms with Crippen molar-refractivity contribution >= 4 is 43.5 Å². The van der Waals surface area contributed by atoms with Crippen molar-refractivity contribution in [3.05, 3.63) is 200 Å². The molecule has 0 saturated heterocycles. The van der Waals surface area contributed by atoms with Crippen molar-refractivity contribution in [3.63, 3.8) is 0 Å². The van der Waals surface area contributed by atoms with Gasteiger partial charge in [0.25, 0.3) is 0 Å². The lowest BCUT2D eigenvalue weighted by molar-refractivity contribution is 0.669. The van der Waals surface area contributed by atoms with Gasteiger partial charge in [0.05, 0.1) is 0 Å². The van der Waals surface area contributed by atoms with Crippen LogP contribution in [0.2, 0.25) is 0 Å². The van der Waals surface area contributed by atoms with Gasteiger partial charge in [0, 0.05) is 27.5 Å². The minimum absolute atomic E-state index is 0.603. The van der Waals surface area contributed by atoms with Crippen LogP contribution in [0.3, 0.4) is 0 Å². The number of aromatic nitrogens is 3. The second-order valence-electron chi connectivity index (χ2n) is 14.4. The number of nitrogens with zero attached hydrogens (tertiary/aromatic N) is 3. The molecule has 0 N–H and O–H groups in total. The Labute approximate surface area is 329 Å². The third kappa shape index (κ3) is 5.83. The van der Waals surface area contributed by atoms with Crippen LogP contribution in [0.25, 0.3) is 111 Å². The highest BCUT2D eigenvalue weighted by atomic mass is 16.3. The van der Waals surface area contributed by atoms with E-state index in [1.165, 1.54) is 32.8 Å². The summed E-state index contributed by atoms with van der Waals surface area (Å²) in [6.07, 6.45) is 0. The first-order chi connectivity index (χ1) is 28.2. The van der Waals surface area contributed by atoms with Gasteiger partial charge in [0.1, 0.15) is 11.2 Å². The molecule has 0 atom stereocenters. The fraction of sp³-hybridized carbons (Fsp3) is 0. The molecule has 0 radical (unpaired) electrons. The monoisotopic (exact) mass is 727 g/mol. The van der Waals surface area contributed by atoms with Crippen molar-refractivity contribution in [2.45, 2.75) is 0 Å². The maximum Gasteiger partial charge on any atom is 0.164 e. The zero-order chi connectivity index (χ0) is 37.7. The summed E-state index contributed by atoms with van der Waals surface area (Å²) in [5, 5.41) is 6.85. The van der Waals surface area contributed by atoms with Crippen LogP contribution >= 0.6 is 0 Å². The van der Waals surface area contributed by atoms with Gasteiger partial charge in [-0.15, -0.1) is 0 Å². The van der Waals surface area contributed by atoms with Crippen LogP contribution in [0.5, 0.6) is 0 Å². The fourth-order valence-electron chi connectivity index (χ4n) is 8.13. The van der Waals surface area contributed by atoms with Crippen LogP contribution < -0.4 is 0 Å². The van der Waals surface area contributed by atoms with E-state index < -0.39 is 0 Å². The predicted octanol–water partition coefficient (Wildman–Crippen LogP) is 14.1. The predicted molar refractivity (Wildman–Crippen MR) is 235 cm³/mol. The molecule has 9 aromatic carbocycles. The molecule has 0 fully saturated rings. The van der Waals surface area contributed by atoms with Crippen LogP contribution in [0.15, 0.2) is 205 Å². The Bertz CT molecular complexity index is 3270. The van der Waals surface area contributed by atoms with Crippen molar-refractivity contribution < 1.29 is 4.42 Å². The molecule has 0 aliphatic heterocycles. The van der Waals surface area contributed by atoms with Gasteiger partial charge in [-0.3, -0.25) is 0 Å². The van der Waals surface area contributed by atoms with Gasteiger partial charge in [0.2, 0.25) is 0 Å². The Morgan fingerprint density at radius 2 is 0.789 bits per heavy atom. The molecule has 11 aromatic rings. The lowest BCUT2D eigenvalue weighted by Gasteiger charge is -2.11. The van der Waals surface area contributed by atoms with Crippen LogP contribution in [0.1, 0.15) is 0 Å². The molecule has 0 aliphatic rings. The molecule has 0 saturated carbocycles. The molecule has 2 aromatic heterocycles. The lowest BCUT2D eigenvalue weighted by atomic mass is 9.92. The Kier molecular flexibility index (Phi) is 7.78. The van der Waals surface area contributed by atoms with E-state index in [1.807, 2.05) is 42.5 Å². The second kappa shape index (κ2) is 13.6. The van der Waals surface area contributed by atoms with E-state index in [0.717, 1.165) is 60.7 Å². The number of benzene rings is 9. The highest BCUT2D eigenvalue weighted by Crippen LogP contribution is 2.42. The minimum atomic E-state index is 0.603. The summed E-state index contributed by atoms with van der Waals surface area (Å²) in [5.41, 5.74) is 11.4. The van der Waals surface area contributed by atoms with E-state index in [1.54, 1.807) is 0 Å². The summed E-state index contributed by atoms with van der Waals surface area (Å²) in [7, 11) is 0. The van der Waals surface area contributed by atoms with Gasteiger partial charge in [-0.05, 0) is 85.3 Å². The molecule has 0 amide bonds. The SMILES string of the molecule is c1ccc(-c2cccc(-c3ccc(-c4nc(-c5ccccc5)nc(-c5ccc6oc7cc(-c8cccc9ccccc89)c8ccccc8c7c6c5)n4)cc3)c2)cc1. The van der Waals surface area contributed by atoms with Crippen LogP contribution in [0, 0.1) is 0 Å². The average molecular weight is 728 g/mol. The first-order valence-electron chi connectivity index (χ1n) is 19.2. The molecule has 0 aliphatic carbocycles. The molecule has 0 spiro atoms. The van der Waals surface area contributed by atoms with E-state index in [4.69, 9.17) is 19.4 Å². The zero-order valence-electron chi connectivity index (χ0n) is 30.8. The maximum absolute atomic E-state index is 6.64. The van der Waals surface area contributed by atoms with Crippen molar-refractivity contribution in [2.75, 3.05) is 0 Å². The summed E-state index contributed by atoms with van der Waals surface area (Å²) >= 11 is 0. The van der Waals surface area contributed by atoms with E-state index >= 15 is 0 Å². The molecular weight excluding hydrogens is 695 g/mol. The molecule has 4 heteroatoms. The Morgan fingerprint density at radius 1 is 0.281 bits per heavy atom. The lowest BCUT2D eigenvalue weighted by Crippen LogP contribution is -2.00. The number of furan rings is 1. The Hall–Kier alpha value is -7.69. The minimum Gasteiger partial charge on any atom is -0.456 e. The van der Waals surface area contributed by atoms with E-state index in [0.29, 0.717) is 17.5 Å². The first-order valence-corrected chi connectivity index (χ1v) is 19.2. The summed E-state index contributed by atoms with van der Waals surface area (Å²) in [5.74, 6) is 1.84. The summed E-state index contributed by atoms with van der Waals surface area (Å²) < 4.78 is 6.64. The van der Waals surface area contributed by atoms with Gasteiger partial charge < -0.3 is 4.42 Å². The smallest absolute Gasteiger partial charge is 0.164 e. The molecular formula is C53H33N3O. The molecule has 2 heterocycles. The quantitative estimate of drug-likeness (QED) is 0.171. The van der Waals surface area contributed by atoms with Crippen molar-refractivity contribution in [1.82, 2.24) is 15.0 Å².